The Morgan fingerprint density at radius 2 is 1.86 bits per heavy atom. The number of benzene rings is 1. The monoisotopic (exact) mass is 285 g/mol. The van der Waals surface area contributed by atoms with Gasteiger partial charge in [0, 0.05) is 18.0 Å². The predicted octanol–water partition coefficient (Wildman–Crippen LogP) is 2.20. The van der Waals surface area contributed by atoms with Crippen LogP contribution in [0.25, 0.3) is 0 Å². The fourth-order valence-corrected chi connectivity index (χ4v) is 5.21. The van der Waals surface area contributed by atoms with Gasteiger partial charge in [-0.1, -0.05) is 12.1 Å². The van der Waals surface area contributed by atoms with Gasteiger partial charge in [-0.3, -0.25) is 0 Å². The zero-order chi connectivity index (χ0) is 14.4. The minimum atomic E-state index is 1.00. The Labute approximate surface area is 129 Å². The van der Waals surface area contributed by atoms with Crippen molar-refractivity contribution in [1.82, 2.24) is 0 Å². The summed E-state index contributed by atoms with van der Waals surface area (Å²) in [5, 5.41) is 0. The van der Waals surface area contributed by atoms with Gasteiger partial charge in [-0.2, -0.15) is 0 Å². The van der Waals surface area contributed by atoms with Gasteiger partial charge in [0.1, 0.15) is 0 Å². The van der Waals surface area contributed by atoms with Gasteiger partial charge < -0.3 is 9.80 Å². The molecule has 21 heavy (non-hydrogen) atoms. The number of piperazine rings is 1. The zero-order valence-corrected chi connectivity index (χ0v) is 13.6. The van der Waals surface area contributed by atoms with Crippen LogP contribution in [0, 0.1) is 25.7 Å². The molecule has 1 saturated heterocycles. The lowest BCUT2D eigenvalue weighted by Gasteiger charge is -2.39. The summed E-state index contributed by atoms with van der Waals surface area (Å²) in [5.74, 6) is 2.15. The van der Waals surface area contributed by atoms with Gasteiger partial charge in [0.25, 0.3) is 0 Å². The lowest BCUT2D eigenvalue weighted by atomic mass is 9.93. The number of rotatable bonds is 2. The predicted molar refractivity (Wildman–Crippen MR) is 88.1 cm³/mol. The van der Waals surface area contributed by atoms with Crippen molar-refractivity contribution in [1.29, 1.82) is 0 Å². The quantitative estimate of drug-likeness (QED) is 0.875. The third-order valence-electron chi connectivity index (χ3n) is 6.37. The van der Waals surface area contributed by atoms with Crippen LogP contribution in [0.15, 0.2) is 18.2 Å². The zero-order valence-electron chi connectivity index (χ0n) is 13.6. The second-order valence-corrected chi connectivity index (χ2v) is 7.72. The molecule has 0 amide bonds. The van der Waals surface area contributed by atoms with Crippen molar-refractivity contribution in [2.75, 3.05) is 31.1 Å². The first-order chi connectivity index (χ1) is 10.2. The Balaban J connectivity index is 1.41. The fourth-order valence-electron chi connectivity index (χ4n) is 5.21. The number of aryl methyl sites for hydroxylation is 2. The third-order valence-corrected chi connectivity index (χ3v) is 6.37. The number of anilines is 1. The van der Waals surface area contributed by atoms with Crippen LogP contribution < -0.4 is 9.80 Å². The van der Waals surface area contributed by atoms with E-state index in [1.54, 1.807) is 6.42 Å². The summed E-state index contributed by atoms with van der Waals surface area (Å²) >= 11 is 0. The molecule has 1 heterocycles. The molecule has 3 fully saturated rings. The molecule has 0 aromatic heterocycles. The SMILES string of the molecule is Cc1ccc(C)c(N2CC[NH+]([C@H]3C[C@H]4CC[C@@H]3C4)CC2)c1. The smallest absolute Gasteiger partial charge is 0.0951 e. The molecule has 1 aromatic carbocycles. The van der Waals surface area contributed by atoms with E-state index >= 15 is 0 Å². The summed E-state index contributed by atoms with van der Waals surface area (Å²) in [7, 11) is 0. The van der Waals surface area contributed by atoms with E-state index in [4.69, 9.17) is 0 Å². The second kappa shape index (κ2) is 5.31. The third kappa shape index (κ3) is 2.48. The average Bonchev–Trinajstić information content (AvgIpc) is 3.13. The van der Waals surface area contributed by atoms with Crippen molar-refractivity contribution in [2.45, 2.75) is 45.6 Å². The van der Waals surface area contributed by atoms with Crippen LogP contribution in [0.3, 0.4) is 0 Å². The largest absolute Gasteiger partial charge is 0.360 e. The van der Waals surface area contributed by atoms with Gasteiger partial charge in [0.15, 0.2) is 0 Å². The highest BCUT2D eigenvalue weighted by Crippen LogP contribution is 2.43. The molecule has 1 aliphatic heterocycles. The van der Waals surface area contributed by atoms with E-state index in [0.717, 1.165) is 17.9 Å². The summed E-state index contributed by atoms with van der Waals surface area (Å²) in [6.07, 6.45) is 6.14. The Morgan fingerprint density at radius 1 is 1.05 bits per heavy atom. The standard InChI is InChI=1S/C19H28N2/c1-14-3-4-15(2)18(11-14)20-7-9-21(10-8-20)19-13-16-5-6-17(19)12-16/h3-4,11,16-17,19H,5-10,12-13H2,1-2H3/p+1/t16-,17+,19-/m0/s1. The van der Waals surface area contributed by atoms with Crippen LogP contribution in [0.5, 0.6) is 0 Å². The molecular weight excluding hydrogens is 256 g/mol. The first-order valence-corrected chi connectivity index (χ1v) is 8.87. The second-order valence-electron chi connectivity index (χ2n) is 7.72. The van der Waals surface area contributed by atoms with Crippen molar-refractivity contribution in [3.05, 3.63) is 29.3 Å². The normalized spacial score (nSPS) is 32.9. The molecule has 3 aliphatic rings. The number of nitrogens with one attached hydrogen (secondary N) is 1. The maximum absolute atomic E-state index is 2.62. The molecule has 1 N–H and O–H groups in total. The molecular formula is C19H29N2+. The molecule has 2 bridgehead atoms. The summed E-state index contributed by atoms with van der Waals surface area (Å²) in [4.78, 5) is 4.54. The summed E-state index contributed by atoms with van der Waals surface area (Å²) < 4.78 is 0. The maximum atomic E-state index is 2.62. The number of nitrogens with zero attached hydrogens (tertiary/aromatic N) is 1. The van der Waals surface area contributed by atoms with Gasteiger partial charge in [-0.05, 0) is 56.2 Å². The number of hydrogen-bond donors (Lipinski definition) is 1. The molecule has 2 saturated carbocycles. The van der Waals surface area contributed by atoms with E-state index in [-0.39, 0.29) is 0 Å². The van der Waals surface area contributed by atoms with Crippen LogP contribution in [0.1, 0.15) is 36.8 Å². The number of quaternary nitrogens is 1. The first-order valence-electron chi connectivity index (χ1n) is 8.87. The Kier molecular flexibility index (Phi) is 3.45. The number of fused-ring (bicyclic) bond motifs is 2. The van der Waals surface area contributed by atoms with Crippen molar-refractivity contribution in [2.24, 2.45) is 11.8 Å². The molecule has 114 valence electrons. The molecule has 0 radical (unpaired) electrons. The highest BCUT2D eigenvalue weighted by Gasteiger charge is 2.45. The minimum Gasteiger partial charge on any atom is -0.360 e. The van der Waals surface area contributed by atoms with E-state index in [1.165, 1.54) is 62.3 Å². The lowest BCUT2D eigenvalue weighted by Crippen LogP contribution is -3.18. The Hall–Kier alpha value is -1.02. The molecule has 3 atom stereocenters. The van der Waals surface area contributed by atoms with E-state index in [1.807, 2.05) is 4.90 Å². The molecule has 0 unspecified atom stereocenters. The van der Waals surface area contributed by atoms with Gasteiger partial charge in [0.05, 0.1) is 32.2 Å². The molecule has 0 spiro atoms. The fraction of sp³-hybridized carbons (Fsp3) is 0.684. The van der Waals surface area contributed by atoms with E-state index in [2.05, 4.69) is 36.9 Å². The summed E-state index contributed by atoms with van der Waals surface area (Å²) in [6.45, 7) is 9.65. The van der Waals surface area contributed by atoms with Gasteiger partial charge in [-0.25, -0.2) is 0 Å². The minimum absolute atomic E-state index is 1.00. The van der Waals surface area contributed by atoms with Gasteiger partial charge >= 0.3 is 0 Å². The number of hydrogen-bond acceptors (Lipinski definition) is 1. The van der Waals surface area contributed by atoms with Crippen molar-refractivity contribution < 1.29 is 4.90 Å². The van der Waals surface area contributed by atoms with Gasteiger partial charge in [0.2, 0.25) is 0 Å². The summed E-state index contributed by atoms with van der Waals surface area (Å²) in [6, 6.07) is 7.89. The van der Waals surface area contributed by atoms with E-state index < -0.39 is 0 Å². The van der Waals surface area contributed by atoms with Gasteiger partial charge in [-0.15, -0.1) is 0 Å². The molecule has 4 rings (SSSR count). The maximum Gasteiger partial charge on any atom is 0.0951 e. The first kappa shape index (κ1) is 13.6. The Morgan fingerprint density at radius 3 is 2.52 bits per heavy atom. The van der Waals surface area contributed by atoms with Crippen LogP contribution >= 0.6 is 0 Å². The van der Waals surface area contributed by atoms with Crippen LogP contribution in [0.4, 0.5) is 5.69 Å². The average molecular weight is 285 g/mol. The lowest BCUT2D eigenvalue weighted by molar-refractivity contribution is -0.929. The molecule has 2 nitrogen and oxygen atoms in total. The Bertz CT molecular complexity index is 516. The topological polar surface area (TPSA) is 7.68 Å². The highest BCUT2D eigenvalue weighted by molar-refractivity contribution is 5.55. The van der Waals surface area contributed by atoms with Crippen LogP contribution in [-0.4, -0.2) is 32.2 Å². The highest BCUT2D eigenvalue weighted by atomic mass is 15.3. The van der Waals surface area contributed by atoms with Crippen molar-refractivity contribution >= 4 is 5.69 Å². The molecule has 2 aliphatic carbocycles. The molecule has 2 heteroatoms. The molecule has 1 aromatic rings. The van der Waals surface area contributed by atoms with E-state index in [9.17, 15) is 0 Å². The van der Waals surface area contributed by atoms with Crippen molar-refractivity contribution in [3.63, 3.8) is 0 Å². The summed E-state index contributed by atoms with van der Waals surface area (Å²) in [5.41, 5.74) is 4.30. The van der Waals surface area contributed by atoms with E-state index in [0.29, 0.717) is 0 Å². The van der Waals surface area contributed by atoms with Crippen LogP contribution in [0.2, 0.25) is 0 Å². The van der Waals surface area contributed by atoms with Crippen molar-refractivity contribution in [3.8, 4) is 0 Å². The van der Waals surface area contributed by atoms with Crippen LogP contribution in [-0.2, 0) is 0 Å².